The molecule has 1 fully saturated rings. The SMILES string of the molecule is Cc1c(CCN2CCOCC2)cc(C)c2c1=CC(=O)[N+]=2[O-].Cl. The summed E-state index contributed by atoms with van der Waals surface area (Å²) in [5.41, 5.74) is 3.15. The zero-order chi connectivity index (χ0) is 15.0. The van der Waals surface area contributed by atoms with Gasteiger partial charge in [-0.05, 0) is 37.5 Å². The number of rotatable bonds is 3. The molecule has 0 unspecified atom stereocenters. The number of carbonyl (C=O) groups is 1. The van der Waals surface area contributed by atoms with Crippen molar-refractivity contribution >= 4 is 24.4 Å². The zero-order valence-electron chi connectivity index (χ0n) is 12.9. The molecule has 1 saturated heterocycles. The van der Waals surface area contributed by atoms with E-state index in [-0.39, 0.29) is 12.4 Å². The number of morpholine rings is 1. The van der Waals surface area contributed by atoms with Crippen molar-refractivity contribution in [2.75, 3.05) is 32.8 Å². The molecule has 5 nitrogen and oxygen atoms in total. The van der Waals surface area contributed by atoms with Crippen molar-refractivity contribution in [3.8, 4) is 0 Å². The molecule has 2 aliphatic rings. The van der Waals surface area contributed by atoms with Crippen molar-refractivity contribution in [1.29, 1.82) is 0 Å². The smallest absolute Gasteiger partial charge is 0.424 e. The molecule has 2 aliphatic heterocycles. The van der Waals surface area contributed by atoms with Gasteiger partial charge in [-0.1, -0.05) is 0 Å². The lowest BCUT2D eigenvalue weighted by Gasteiger charge is -2.26. The lowest BCUT2D eigenvalue weighted by Crippen LogP contribution is -2.39. The number of hydroxylamine groups is 1. The van der Waals surface area contributed by atoms with E-state index in [4.69, 9.17) is 4.74 Å². The Morgan fingerprint density at radius 2 is 2.00 bits per heavy atom. The van der Waals surface area contributed by atoms with Gasteiger partial charge in [-0.2, -0.15) is 0 Å². The molecular formula is C16H21ClN2O3. The first-order valence-electron chi connectivity index (χ1n) is 7.37. The number of hydrogen-bond acceptors (Lipinski definition) is 4. The number of nitrogens with zero attached hydrogens (tertiary/aromatic N) is 2. The number of halogens is 1. The third-order valence-electron chi connectivity index (χ3n) is 4.38. The summed E-state index contributed by atoms with van der Waals surface area (Å²) in [6, 6.07) is 2.05. The van der Waals surface area contributed by atoms with Crippen molar-refractivity contribution in [3.05, 3.63) is 38.5 Å². The summed E-state index contributed by atoms with van der Waals surface area (Å²) < 4.78 is 5.86. The van der Waals surface area contributed by atoms with Gasteiger partial charge in [0.2, 0.25) is 5.36 Å². The average molecular weight is 325 g/mol. The molecule has 1 aromatic carbocycles. The molecule has 120 valence electrons. The standard InChI is InChI=1S/C16H20N2O3.ClH/c1-11-9-13(3-4-17-5-7-21-8-6-17)12(2)14-10-15(19)18(20)16(11)14;/h9-10H,3-8H2,1-2H3;1H. The van der Waals surface area contributed by atoms with E-state index in [0.717, 1.165) is 55.6 Å². The van der Waals surface area contributed by atoms with Gasteiger partial charge in [0.05, 0.1) is 24.5 Å². The maximum atomic E-state index is 11.8. The first-order valence-corrected chi connectivity index (χ1v) is 7.37. The molecule has 22 heavy (non-hydrogen) atoms. The van der Waals surface area contributed by atoms with E-state index in [9.17, 15) is 10.0 Å². The second-order valence-corrected chi connectivity index (χ2v) is 5.72. The molecule has 0 atom stereocenters. The van der Waals surface area contributed by atoms with Gasteiger partial charge in [-0.3, -0.25) is 4.90 Å². The van der Waals surface area contributed by atoms with Gasteiger partial charge in [0.25, 0.3) is 0 Å². The van der Waals surface area contributed by atoms with Crippen LogP contribution in [0.1, 0.15) is 16.7 Å². The molecule has 0 radical (unpaired) electrons. The molecular weight excluding hydrogens is 304 g/mol. The van der Waals surface area contributed by atoms with Crippen LogP contribution in [-0.4, -0.2) is 43.7 Å². The van der Waals surface area contributed by atoms with E-state index in [1.165, 1.54) is 11.6 Å². The van der Waals surface area contributed by atoms with E-state index in [1.54, 1.807) is 0 Å². The number of ether oxygens (including phenoxy) is 1. The van der Waals surface area contributed by atoms with Crippen LogP contribution in [0.5, 0.6) is 0 Å². The molecule has 2 heterocycles. The number of hydrogen-bond donors (Lipinski definition) is 0. The third-order valence-corrected chi connectivity index (χ3v) is 4.38. The van der Waals surface area contributed by atoms with Crippen molar-refractivity contribution in [2.45, 2.75) is 20.3 Å². The minimum Gasteiger partial charge on any atom is -0.615 e. The van der Waals surface area contributed by atoms with Crippen LogP contribution in [0.25, 0.3) is 6.08 Å². The number of fused-ring (bicyclic) bond motifs is 1. The number of benzene rings is 1. The molecule has 1 aromatic rings. The fourth-order valence-corrected chi connectivity index (χ4v) is 3.10. The number of amides is 1. The van der Waals surface area contributed by atoms with E-state index in [2.05, 4.69) is 4.90 Å². The van der Waals surface area contributed by atoms with Gasteiger partial charge in [0.1, 0.15) is 0 Å². The Balaban J connectivity index is 0.00000176. The summed E-state index contributed by atoms with van der Waals surface area (Å²) in [5.74, 6) is -0.471. The van der Waals surface area contributed by atoms with E-state index in [0.29, 0.717) is 10.1 Å². The maximum absolute atomic E-state index is 11.8. The summed E-state index contributed by atoms with van der Waals surface area (Å²) in [6.07, 6.45) is 2.39. The molecule has 0 bridgehead atoms. The van der Waals surface area contributed by atoms with E-state index in [1.807, 2.05) is 19.9 Å². The maximum Gasteiger partial charge on any atom is 0.424 e. The molecule has 0 aromatic heterocycles. The largest absolute Gasteiger partial charge is 0.615 e. The Kier molecular flexibility index (Phi) is 5.21. The molecule has 3 rings (SSSR count). The molecule has 0 spiro atoms. The first-order chi connectivity index (χ1) is 10.1. The monoisotopic (exact) mass is 324 g/mol. The second kappa shape index (κ2) is 6.77. The fraction of sp³-hybridized carbons (Fsp3) is 0.500. The highest BCUT2D eigenvalue weighted by Crippen LogP contribution is 2.08. The summed E-state index contributed by atoms with van der Waals surface area (Å²) >= 11 is 0. The van der Waals surface area contributed by atoms with Crippen molar-refractivity contribution in [1.82, 2.24) is 9.64 Å². The second-order valence-electron chi connectivity index (χ2n) is 5.72. The Hall–Kier alpha value is -1.43. The van der Waals surface area contributed by atoms with Gasteiger partial charge < -0.3 is 9.94 Å². The van der Waals surface area contributed by atoms with Crippen molar-refractivity contribution in [2.24, 2.45) is 0 Å². The van der Waals surface area contributed by atoms with Gasteiger partial charge in [-0.15, -0.1) is 17.1 Å². The summed E-state index contributed by atoms with van der Waals surface area (Å²) in [4.78, 5) is 14.0. The summed E-state index contributed by atoms with van der Waals surface area (Å²) in [7, 11) is 0. The average Bonchev–Trinajstić information content (AvgIpc) is 2.79. The van der Waals surface area contributed by atoms with Crippen LogP contribution in [-0.2, 0) is 16.0 Å². The van der Waals surface area contributed by atoms with Gasteiger partial charge in [-0.25, -0.2) is 4.79 Å². The fourth-order valence-electron chi connectivity index (χ4n) is 3.10. The minimum absolute atomic E-state index is 0. The van der Waals surface area contributed by atoms with Crippen LogP contribution >= 0.6 is 12.4 Å². The normalized spacial score (nSPS) is 17.9. The van der Waals surface area contributed by atoms with E-state index < -0.39 is 5.91 Å². The predicted molar refractivity (Wildman–Crippen MR) is 87.5 cm³/mol. The van der Waals surface area contributed by atoms with Crippen LogP contribution in [0.2, 0.25) is 0 Å². The van der Waals surface area contributed by atoms with Crippen molar-refractivity contribution < 1.29 is 9.53 Å². The molecule has 0 saturated carbocycles. The lowest BCUT2D eigenvalue weighted by molar-refractivity contribution is -0.115. The highest BCUT2D eigenvalue weighted by molar-refractivity contribution is 6.07. The number of carbonyl (C=O) groups excluding carboxylic acids is 1. The summed E-state index contributed by atoms with van der Waals surface area (Å²) in [5, 5.41) is 13.1. The first kappa shape index (κ1) is 16.9. The Morgan fingerprint density at radius 3 is 2.68 bits per heavy atom. The third kappa shape index (κ3) is 3.02. The van der Waals surface area contributed by atoms with Gasteiger partial charge in [0, 0.05) is 25.2 Å². The van der Waals surface area contributed by atoms with Gasteiger partial charge >= 0.3 is 5.91 Å². The van der Waals surface area contributed by atoms with Crippen LogP contribution in [0, 0.1) is 19.1 Å². The highest BCUT2D eigenvalue weighted by Gasteiger charge is 2.21. The topological polar surface area (TPSA) is 55.6 Å². The Labute approximate surface area is 135 Å². The van der Waals surface area contributed by atoms with Crippen molar-refractivity contribution in [3.63, 3.8) is 0 Å². The molecule has 6 heteroatoms. The molecule has 0 aliphatic carbocycles. The van der Waals surface area contributed by atoms with Crippen LogP contribution in [0.3, 0.4) is 0 Å². The Bertz CT molecular complexity index is 709. The van der Waals surface area contributed by atoms with Crippen LogP contribution in [0.15, 0.2) is 6.07 Å². The quantitative estimate of drug-likeness (QED) is 0.576. The highest BCUT2D eigenvalue weighted by atomic mass is 35.5. The predicted octanol–water partition coefficient (Wildman–Crippen LogP) is -0.0905. The molecule has 1 amide bonds. The Morgan fingerprint density at radius 1 is 1.32 bits per heavy atom. The molecule has 0 N–H and O–H groups in total. The number of aryl methyl sites for hydroxylation is 1. The van der Waals surface area contributed by atoms with Gasteiger partial charge in [0.15, 0.2) is 0 Å². The van der Waals surface area contributed by atoms with Crippen LogP contribution in [0.4, 0.5) is 0 Å². The zero-order valence-corrected chi connectivity index (χ0v) is 13.7. The van der Waals surface area contributed by atoms with E-state index >= 15 is 0 Å². The van der Waals surface area contributed by atoms with Crippen LogP contribution < -0.4 is 15.3 Å². The lowest BCUT2D eigenvalue weighted by atomic mass is 9.99. The minimum atomic E-state index is -0.471. The summed E-state index contributed by atoms with van der Waals surface area (Å²) in [6.45, 7) is 8.43.